The number of rotatable bonds is 5. The van der Waals surface area contributed by atoms with Crippen molar-refractivity contribution in [1.29, 1.82) is 0 Å². The van der Waals surface area contributed by atoms with Gasteiger partial charge in [-0.15, -0.1) is 11.8 Å². The molecule has 1 aromatic rings. The first kappa shape index (κ1) is 14.9. The van der Waals surface area contributed by atoms with E-state index in [-0.39, 0.29) is 11.7 Å². The molecule has 0 atom stereocenters. The summed E-state index contributed by atoms with van der Waals surface area (Å²) in [5.74, 6) is 0.0546. The van der Waals surface area contributed by atoms with Gasteiger partial charge < -0.3 is 4.90 Å². The van der Waals surface area contributed by atoms with Crippen molar-refractivity contribution in [2.75, 3.05) is 25.6 Å². The van der Waals surface area contributed by atoms with Gasteiger partial charge in [-0.3, -0.25) is 9.78 Å². The number of hydrogen-bond acceptors (Lipinski definition) is 5. The topological polar surface area (TPSA) is 93.4 Å². The fourth-order valence-corrected chi connectivity index (χ4v) is 2.97. The monoisotopic (exact) mass is 289 g/mol. The molecule has 18 heavy (non-hydrogen) atoms. The average Bonchev–Trinajstić information content (AvgIpc) is 2.26. The molecule has 100 valence electrons. The summed E-state index contributed by atoms with van der Waals surface area (Å²) >= 11 is 1.32. The molecule has 8 heteroatoms. The van der Waals surface area contributed by atoms with Crippen LogP contribution in [-0.4, -0.2) is 49.8 Å². The molecule has 0 saturated heterocycles. The highest BCUT2D eigenvalue weighted by Crippen LogP contribution is 2.18. The van der Waals surface area contributed by atoms with Crippen molar-refractivity contribution in [2.45, 2.75) is 4.90 Å². The third-order valence-corrected chi connectivity index (χ3v) is 4.02. The van der Waals surface area contributed by atoms with E-state index < -0.39 is 10.0 Å². The lowest BCUT2D eigenvalue weighted by atomic mass is 10.3. The van der Waals surface area contributed by atoms with E-state index in [0.717, 1.165) is 4.90 Å². The molecule has 0 unspecified atom stereocenters. The summed E-state index contributed by atoms with van der Waals surface area (Å²) in [4.78, 5) is 17.9. The van der Waals surface area contributed by atoms with E-state index in [9.17, 15) is 13.2 Å². The van der Waals surface area contributed by atoms with Gasteiger partial charge in [-0.1, -0.05) is 0 Å². The van der Waals surface area contributed by atoms with Crippen molar-refractivity contribution in [3.63, 3.8) is 0 Å². The van der Waals surface area contributed by atoms with Crippen LogP contribution >= 0.6 is 11.8 Å². The maximum Gasteiger partial charge on any atom is 0.271 e. The van der Waals surface area contributed by atoms with Gasteiger partial charge in [0.2, 0.25) is 10.0 Å². The zero-order valence-electron chi connectivity index (χ0n) is 10.2. The Morgan fingerprint density at radius 2 is 2.17 bits per heavy atom. The summed E-state index contributed by atoms with van der Waals surface area (Å²) in [7, 11) is -0.158. The predicted molar refractivity (Wildman–Crippen MR) is 71.0 cm³/mol. The minimum absolute atomic E-state index is 0.100. The van der Waals surface area contributed by atoms with Gasteiger partial charge in [0.1, 0.15) is 5.69 Å². The molecular formula is C10H15N3O3S2. The number of carbonyl (C=O) groups excluding carboxylic acids is 1. The number of amides is 1. The van der Waals surface area contributed by atoms with E-state index in [2.05, 4.69) is 4.98 Å². The maximum atomic E-state index is 11.7. The van der Waals surface area contributed by atoms with Crippen molar-refractivity contribution in [3.05, 3.63) is 24.0 Å². The number of nitrogens with two attached hydrogens (primary N) is 1. The van der Waals surface area contributed by atoms with E-state index in [1.54, 1.807) is 26.2 Å². The van der Waals surface area contributed by atoms with Gasteiger partial charge in [-0.2, -0.15) is 0 Å². The fourth-order valence-electron chi connectivity index (χ4n) is 1.12. The second-order valence-electron chi connectivity index (χ2n) is 3.79. The Hall–Kier alpha value is -1.12. The Balaban J connectivity index is 2.68. The minimum atomic E-state index is -3.45. The Labute approximate surface area is 111 Å². The van der Waals surface area contributed by atoms with Crippen LogP contribution in [0.3, 0.4) is 0 Å². The van der Waals surface area contributed by atoms with Gasteiger partial charge in [-0.05, 0) is 12.1 Å². The lowest BCUT2D eigenvalue weighted by molar-refractivity contribution is 0.0821. The van der Waals surface area contributed by atoms with E-state index in [1.807, 2.05) is 0 Å². The van der Waals surface area contributed by atoms with E-state index in [0.29, 0.717) is 11.4 Å². The molecule has 0 saturated carbocycles. The SMILES string of the molecule is CN(C)C(=O)c1cc(SCCS(N)(=O)=O)ccn1. The number of thioether (sulfide) groups is 1. The number of sulfonamides is 1. The van der Waals surface area contributed by atoms with Crippen LogP contribution in [-0.2, 0) is 10.0 Å². The minimum Gasteiger partial charge on any atom is -0.343 e. The quantitative estimate of drug-likeness (QED) is 0.780. The summed E-state index contributed by atoms with van der Waals surface area (Å²) in [6, 6.07) is 3.36. The Kier molecular flexibility index (Phi) is 5.12. The molecule has 6 nitrogen and oxygen atoms in total. The van der Waals surface area contributed by atoms with E-state index in [4.69, 9.17) is 5.14 Å². The van der Waals surface area contributed by atoms with Gasteiger partial charge in [0.25, 0.3) is 5.91 Å². The first-order chi connectivity index (χ1) is 8.29. The van der Waals surface area contributed by atoms with Crippen LogP contribution in [0.15, 0.2) is 23.2 Å². The molecule has 1 heterocycles. The molecule has 1 rings (SSSR count). The maximum absolute atomic E-state index is 11.7. The van der Waals surface area contributed by atoms with Gasteiger partial charge in [0, 0.05) is 30.9 Å². The zero-order chi connectivity index (χ0) is 13.8. The van der Waals surface area contributed by atoms with Crippen LogP contribution < -0.4 is 5.14 Å². The number of pyridine rings is 1. The molecule has 0 fully saturated rings. The first-order valence-corrected chi connectivity index (χ1v) is 7.80. The highest BCUT2D eigenvalue weighted by molar-refractivity contribution is 8.00. The van der Waals surface area contributed by atoms with Crippen molar-refractivity contribution in [3.8, 4) is 0 Å². The summed E-state index contributed by atoms with van der Waals surface area (Å²) in [6.45, 7) is 0. The molecule has 0 radical (unpaired) electrons. The zero-order valence-corrected chi connectivity index (χ0v) is 11.8. The summed E-state index contributed by atoms with van der Waals surface area (Å²) in [5.41, 5.74) is 0.334. The van der Waals surface area contributed by atoms with Crippen LogP contribution in [0.4, 0.5) is 0 Å². The lowest BCUT2D eigenvalue weighted by Crippen LogP contribution is -2.22. The Morgan fingerprint density at radius 1 is 1.50 bits per heavy atom. The standard InChI is InChI=1S/C10H15N3O3S2/c1-13(2)10(14)9-7-8(3-4-12-9)17-5-6-18(11,15)16/h3-4,7H,5-6H2,1-2H3,(H2,11,15,16). The van der Waals surface area contributed by atoms with Crippen molar-refractivity contribution in [2.24, 2.45) is 5.14 Å². The van der Waals surface area contributed by atoms with E-state index >= 15 is 0 Å². The van der Waals surface area contributed by atoms with Crippen LogP contribution in [0.1, 0.15) is 10.5 Å². The van der Waals surface area contributed by atoms with Gasteiger partial charge in [-0.25, -0.2) is 13.6 Å². The molecule has 0 bridgehead atoms. The fraction of sp³-hybridized carbons (Fsp3) is 0.400. The summed E-state index contributed by atoms with van der Waals surface area (Å²) in [6.07, 6.45) is 1.52. The third-order valence-electron chi connectivity index (χ3n) is 1.99. The summed E-state index contributed by atoms with van der Waals surface area (Å²) in [5, 5.41) is 4.90. The number of carbonyl (C=O) groups is 1. The largest absolute Gasteiger partial charge is 0.343 e. The van der Waals surface area contributed by atoms with Crippen LogP contribution in [0.2, 0.25) is 0 Å². The van der Waals surface area contributed by atoms with Gasteiger partial charge in [0.15, 0.2) is 0 Å². The summed E-state index contributed by atoms with van der Waals surface area (Å²) < 4.78 is 21.6. The number of aromatic nitrogens is 1. The molecule has 0 aliphatic rings. The number of primary sulfonamides is 1. The Bertz CT molecular complexity index is 529. The van der Waals surface area contributed by atoms with Crippen molar-refractivity contribution in [1.82, 2.24) is 9.88 Å². The highest BCUT2D eigenvalue weighted by atomic mass is 32.2. The molecule has 0 aliphatic carbocycles. The third kappa shape index (κ3) is 5.03. The van der Waals surface area contributed by atoms with Crippen LogP contribution in [0.5, 0.6) is 0 Å². The molecule has 0 aliphatic heterocycles. The second kappa shape index (κ2) is 6.17. The van der Waals surface area contributed by atoms with Crippen molar-refractivity contribution >= 4 is 27.7 Å². The Morgan fingerprint density at radius 3 is 2.72 bits per heavy atom. The highest BCUT2D eigenvalue weighted by Gasteiger charge is 2.10. The molecule has 1 aromatic heterocycles. The van der Waals surface area contributed by atoms with Crippen LogP contribution in [0.25, 0.3) is 0 Å². The van der Waals surface area contributed by atoms with Crippen molar-refractivity contribution < 1.29 is 13.2 Å². The lowest BCUT2D eigenvalue weighted by Gasteiger charge is -2.09. The number of hydrogen-bond donors (Lipinski definition) is 1. The molecule has 0 aromatic carbocycles. The molecular weight excluding hydrogens is 274 g/mol. The molecule has 0 spiro atoms. The van der Waals surface area contributed by atoms with Gasteiger partial charge >= 0.3 is 0 Å². The molecule has 2 N–H and O–H groups in total. The smallest absolute Gasteiger partial charge is 0.271 e. The molecule has 1 amide bonds. The second-order valence-corrected chi connectivity index (χ2v) is 6.69. The normalized spacial score (nSPS) is 11.3. The van der Waals surface area contributed by atoms with Gasteiger partial charge in [0.05, 0.1) is 5.75 Å². The van der Waals surface area contributed by atoms with Crippen LogP contribution in [0, 0.1) is 0 Å². The predicted octanol–water partition coefficient (Wildman–Crippen LogP) is 0.164. The average molecular weight is 289 g/mol. The number of nitrogens with zero attached hydrogens (tertiary/aromatic N) is 2. The first-order valence-electron chi connectivity index (χ1n) is 5.10. The van der Waals surface area contributed by atoms with E-state index in [1.165, 1.54) is 22.9 Å².